The monoisotopic (exact) mass is 519 g/mol. The molecule has 1 fully saturated rings. The Morgan fingerprint density at radius 3 is 2.29 bits per heavy atom. The number of carboxylic acids is 1. The molecule has 35 heavy (non-hydrogen) atoms. The van der Waals surface area contributed by atoms with Crippen molar-refractivity contribution in [2.75, 3.05) is 0 Å². The van der Waals surface area contributed by atoms with Crippen LogP contribution in [-0.2, 0) is 9.59 Å². The molecule has 2 aromatic carbocycles. The number of carbonyl (C=O) groups excluding carboxylic acids is 1. The van der Waals surface area contributed by atoms with Gasteiger partial charge in [-0.15, -0.1) is 0 Å². The van der Waals surface area contributed by atoms with Crippen LogP contribution < -0.4 is 0 Å². The zero-order valence-corrected chi connectivity index (χ0v) is 22.5. The van der Waals surface area contributed by atoms with Crippen LogP contribution in [0.5, 0.6) is 0 Å². The molecule has 1 saturated heterocycles. The third-order valence-corrected chi connectivity index (χ3v) is 8.09. The number of aliphatic hydroxyl groups is 1. The summed E-state index contributed by atoms with van der Waals surface area (Å²) in [5.74, 6) is -1.70. The van der Waals surface area contributed by atoms with Gasteiger partial charge in [0.15, 0.2) is 0 Å². The molecule has 2 unspecified atom stereocenters. The fourth-order valence-corrected chi connectivity index (χ4v) is 5.83. The first-order valence-corrected chi connectivity index (χ1v) is 12.8. The number of carbonyl (C=O) groups is 2. The van der Waals surface area contributed by atoms with Gasteiger partial charge in [-0.05, 0) is 62.1 Å². The van der Waals surface area contributed by atoms with E-state index in [0.29, 0.717) is 22.9 Å². The van der Waals surface area contributed by atoms with Crippen molar-refractivity contribution < 1.29 is 19.8 Å². The molecule has 0 bridgehead atoms. The number of likely N-dealkylation sites (tertiary alicyclic amines) is 1. The second-order valence-electron chi connectivity index (χ2n) is 10.6. The van der Waals surface area contributed by atoms with Gasteiger partial charge in [-0.25, -0.2) is 0 Å². The van der Waals surface area contributed by atoms with Crippen LogP contribution in [0.4, 0.5) is 0 Å². The topological polar surface area (TPSA) is 77.8 Å². The highest BCUT2D eigenvalue weighted by Gasteiger charge is 2.53. The average Bonchev–Trinajstić information content (AvgIpc) is 2.76. The number of amides is 1. The smallest absolute Gasteiger partial charge is 0.304 e. The van der Waals surface area contributed by atoms with Gasteiger partial charge in [0.2, 0.25) is 5.91 Å². The fraction of sp³-hybridized carbons (Fsp3) is 0.500. The zero-order valence-electron chi connectivity index (χ0n) is 21.0. The number of piperidine rings is 1. The maximum atomic E-state index is 14.2. The summed E-state index contributed by atoms with van der Waals surface area (Å²) in [5.41, 5.74) is -0.310. The Bertz CT molecular complexity index is 1070. The number of aliphatic carboxylic acids is 1. The van der Waals surface area contributed by atoms with Gasteiger partial charge in [-0.1, -0.05) is 68.2 Å². The van der Waals surface area contributed by atoms with Gasteiger partial charge < -0.3 is 15.1 Å². The van der Waals surface area contributed by atoms with E-state index in [0.717, 1.165) is 11.1 Å². The summed E-state index contributed by atoms with van der Waals surface area (Å²) in [5, 5.41) is 21.8. The first-order valence-electron chi connectivity index (χ1n) is 12.1. The van der Waals surface area contributed by atoms with Crippen molar-refractivity contribution in [1.29, 1.82) is 0 Å². The lowest BCUT2D eigenvalue weighted by molar-refractivity contribution is -0.164. The van der Waals surface area contributed by atoms with Crippen LogP contribution in [0.25, 0.3) is 0 Å². The first kappa shape index (κ1) is 27.5. The van der Waals surface area contributed by atoms with E-state index < -0.39 is 17.0 Å². The Morgan fingerprint density at radius 2 is 1.77 bits per heavy atom. The number of nitrogens with zero attached hydrogens (tertiary/aromatic N) is 1. The molecule has 5 atom stereocenters. The van der Waals surface area contributed by atoms with Crippen LogP contribution >= 0.6 is 23.2 Å². The van der Waals surface area contributed by atoms with Gasteiger partial charge in [0, 0.05) is 27.9 Å². The van der Waals surface area contributed by atoms with E-state index >= 15 is 0 Å². The lowest BCUT2D eigenvalue weighted by atomic mass is 9.66. The molecule has 1 heterocycles. The van der Waals surface area contributed by atoms with Gasteiger partial charge in [0.25, 0.3) is 0 Å². The second-order valence-corrected chi connectivity index (χ2v) is 11.5. The largest absolute Gasteiger partial charge is 0.481 e. The number of hydrogen-bond donors (Lipinski definition) is 2. The van der Waals surface area contributed by atoms with E-state index in [1.54, 1.807) is 39.0 Å². The van der Waals surface area contributed by atoms with E-state index in [4.69, 9.17) is 23.2 Å². The van der Waals surface area contributed by atoms with Crippen LogP contribution in [0.3, 0.4) is 0 Å². The molecular formula is C28H35Cl2NO4. The molecule has 0 aromatic heterocycles. The van der Waals surface area contributed by atoms with Crippen LogP contribution in [0.2, 0.25) is 10.0 Å². The van der Waals surface area contributed by atoms with Crippen molar-refractivity contribution in [1.82, 2.24) is 4.90 Å². The highest BCUT2D eigenvalue weighted by molar-refractivity contribution is 6.30. The molecule has 2 N–H and O–H groups in total. The minimum atomic E-state index is -1.12. The molecule has 1 aliphatic heterocycles. The highest BCUT2D eigenvalue weighted by Crippen LogP contribution is 2.53. The summed E-state index contributed by atoms with van der Waals surface area (Å²) in [4.78, 5) is 28.0. The van der Waals surface area contributed by atoms with Gasteiger partial charge in [0.05, 0.1) is 23.5 Å². The summed E-state index contributed by atoms with van der Waals surface area (Å²) in [6.45, 7) is 9.18. The predicted molar refractivity (Wildman–Crippen MR) is 140 cm³/mol. The van der Waals surface area contributed by atoms with Crippen LogP contribution in [0.15, 0.2) is 48.5 Å². The normalized spacial score (nSPS) is 24.8. The second kappa shape index (κ2) is 10.5. The van der Waals surface area contributed by atoms with E-state index in [2.05, 4.69) is 0 Å². The molecule has 3 rings (SSSR count). The van der Waals surface area contributed by atoms with E-state index in [1.807, 2.05) is 49.1 Å². The van der Waals surface area contributed by atoms with Crippen LogP contribution in [0.1, 0.15) is 77.0 Å². The highest BCUT2D eigenvalue weighted by atomic mass is 35.5. The third kappa shape index (κ3) is 5.84. The molecule has 7 heteroatoms. The van der Waals surface area contributed by atoms with E-state index in [-0.39, 0.29) is 36.2 Å². The minimum absolute atomic E-state index is 0.207. The lowest BCUT2D eigenvalue weighted by Crippen LogP contribution is -2.59. The quantitative estimate of drug-likeness (QED) is 0.405. The van der Waals surface area contributed by atoms with Crippen molar-refractivity contribution in [3.05, 3.63) is 69.7 Å². The average molecular weight is 520 g/mol. The molecule has 2 aromatic rings. The summed E-state index contributed by atoms with van der Waals surface area (Å²) >= 11 is 12.6. The Labute approximate surface area is 218 Å². The van der Waals surface area contributed by atoms with Gasteiger partial charge in [-0.3, -0.25) is 9.59 Å². The lowest BCUT2D eigenvalue weighted by Gasteiger charge is -2.54. The number of benzene rings is 2. The zero-order chi connectivity index (χ0) is 26.1. The number of carboxylic acid groups (broad SMARTS) is 1. The first-order chi connectivity index (χ1) is 16.3. The SMILES string of the molecule is CCC(C(C)C(C)(C)O)N1C(=O)[C@@](C)(CC(=O)O)C[C@H](c2cccc(Cl)c2)[C@H]1c1ccc(Cl)cc1. The molecule has 190 valence electrons. The van der Waals surface area contributed by atoms with E-state index in [1.165, 1.54) is 0 Å². The van der Waals surface area contributed by atoms with Crippen molar-refractivity contribution in [2.24, 2.45) is 11.3 Å². The van der Waals surface area contributed by atoms with Crippen molar-refractivity contribution in [2.45, 2.75) is 77.5 Å². The molecule has 5 nitrogen and oxygen atoms in total. The van der Waals surface area contributed by atoms with Crippen molar-refractivity contribution in [3.63, 3.8) is 0 Å². The molecule has 0 saturated carbocycles. The molecule has 0 aliphatic carbocycles. The Kier molecular flexibility index (Phi) is 8.25. The molecule has 0 radical (unpaired) electrons. The van der Waals surface area contributed by atoms with Gasteiger partial charge in [-0.2, -0.15) is 0 Å². The van der Waals surface area contributed by atoms with Crippen LogP contribution in [0, 0.1) is 11.3 Å². The maximum absolute atomic E-state index is 14.2. The van der Waals surface area contributed by atoms with Crippen LogP contribution in [-0.4, -0.2) is 38.6 Å². The van der Waals surface area contributed by atoms with Gasteiger partial charge >= 0.3 is 5.97 Å². The standard InChI is InChI=1S/C28H35Cl2NO4/c1-6-23(17(2)27(3,4)35)31-25(18-10-12-20(29)13-11-18)22(19-8-7-9-21(30)14-19)15-28(5,26(31)34)16-24(32)33/h7-14,17,22-23,25,35H,6,15-16H2,1-5H3,(H,32,33)/t17?,22-,23?,25-,28-/m1/s1. The number of rotatable bonds is 8. The molecular weight excluding hydrogens is 485 g/mol. The van der Waals surface area contributed by atoms with Gasteiger partial charge in [0.1, 0.15) is 0 Å². The number of hydrogen-bond acceptors (Lipinski definition) is 3. The van der Waals surface area contributed by atoms with Crippen molar-refractivity contribution in [3.8, 4) is 0 Å². The molecule has 1 aliphatic rings. The summed E-state index contributed by atoms with van der Waals surface area (Å²) in [6.07, 6.45) is 0.683. The molecule has 1 amide bonds. The number of halogens is 2. The molecule has 0 spiro atoms. The Morgan fingerprint density at radius 1 is 1.14 bits per heavy atom. The minimum Gasteiger partial charge on any atom is -0.481 e. The Hall–Kier alpha value is -2.08. The third-order valence-electron chi connectivity index (χ3n) is 7.60. The predicted octanol–water partition coefficient (Wildman–Crippen LogP) is 6.72. The van der Waals surface area contributed by atoms with E-state index in [9.17, 15) is 19.8 Å². The van der Waals surface area contributed by atoms with Crippen molar-refractivity contribution >= 4 is 35.1 Å². The maximum Gasteiger partial charge on any atom is 0.304 e. The summed E-state index contributed by atoms with van der Waals surface area (Å²) < 4.78 is 0. The fourth-order valence-electron chi connectivity index (χ4n) is 5.51. The summed E-state index contributed by atoms with van der Waals surface area (Å²) in [7, 11) is 0. The Balaban J connectivity index is 2.28. The summed E-state index contributed by atoms with van der Waals surface area (Å²) in [6, 6.07) is 14.3.